The van der Waals surface area contributed by atoms with Crippen LogP contribution in [0.25, 0.3) is 0 Å². The second-order valence-electron chi connectivity index (χ2n) is 3.39. The van der Waals surface area contributed by atoms with Crippen molar-refractivity contribution in [2.45, 2.75) is 19.8 Å². The van der Waals surface area contributed by atoms with E-state index in [0.717, 1.165) is 0 Å². The van der Waals surface area contributed by atoms with Crippen LogP contribution in [0, 0.1) is 18.2 Å². The first-order chi connectivity index (χ1) is 7.09. The number of benzene rings is 1. The van der Waals surface area contributed by atoms with Crippen LogP contribution in [0.4, 0.5) is 4.39 Å². The molecule has 3 N–H and O–H groups in total. The standard InChI is InChI=1S/C11H15FN2O/c1-8-7-9(4-5-10(8)12)15-6-2-3-11(13)14/h4-5,7H,2-3,6H2,1H3,(H3,13,14). The second kappa shape index (κ2) is 5.34. The minimum Gasteiger partial charge on any atom is -0.494 e. The van der Waals surface area contributed by atoms with Crippen LogP contribution in [0.15, 0.2) is 18.2 Å². The van der Waals surface area contributed by atoms with Gasteiger partial charge in [0.25, 0.3) is 0 Å². The summed E-state index contributed by atoms with van der Waals surface area (Å²) in [6, 6.07) is 4.63. The van der Waals surface area contributed by atoms with Gasteiger partial charge in [-0.3, -0.25) is 5.41 Å². The van der Waals surface area contributed by atoms with E-state index in [1.165, 1.54) is 6.07 Å². The Hall–Kier alpha value is -1.58. The summed E-state index contributed by atoms with van der Waals surface area (Å²) in [5.41, 5.74) is 5.76. The van der Waals surface area contributed by atoms with Crippen LogP contribution in [0.2, 0.25) is 0 Å². The van der Waals surface area contributed by atoms with Crippen LogP contribution < -0.4 is 10.5 Å². The molecule has 0 atom stereocenters. The summed E-state index contributed by atoms with van der Waals surface area (Å²) in [6.45, 7) is 2.18. The SMILES string of the molecule is Cc1cc(OCCCC(=N)N)ccc1F. The molecule has 0 bridgehead atoms. The van der Waals surface area contributed by atoms with Gasteiger partial charge in [-0.15, -0.1) is 0 Å². The van der Waals surface area contributed by atoms with E-state index in [4.69, 9.17) is 15.9 Å². The summed E-state index contributed by atoms with van der Waals surface area (Å²) < 4.78 is 18.3. The number of nitrogens with one attached hydrogen (secondary N) is 1. The highest BCUT2D eigenvalue weighted by atomic mass is 19.1. The van der Waals surface area contributed by atoms with E-state index < -0.39 is 0 Å². The Labute approximate surface area is 88.6 Å². The Morgan fingerprint density at radius 2 is 2.27 bits per heavy atom. The molecule has 82 valence electrons. The number of ether oxygens (including phenoxy) is 1. The number of halogens is 1. The monoisotopic (exact) mass is 210 g/mol. The number of hydrogen-bond donors (Lipinski definition) is 2. The number of nitrogens with two attached hydrogens (primary N) is 1. The molecule has 1 rings (SSSR count). The van der Waals surface area contributed by atoms with Crippen molar-refractivity contribution in [3.63, 3.8) is 0 Å². The summed E-state index contributed by atoms with van der Waals surface area (Å²) in [5, 5.41) is 7.01. The molecule has 0 aliphatic rings. The summed E-state index contributed by atoms with van der Waals surface area (Å²) in [5.74, 6) is 0.581. The zero-order valence-corrected chi connectivity index (χ0v) is 8.72. The Balaban J connectivity index is 2.38. The first kappa shape index (κ1) is 11.5. The van der Waals surface area contributed by atoms with Gasteiger partial charge in [0, 0.05) is 6.42 Å². The minimum absolute atomic E-state index is 0.161. The number of amidine groups is 1. The average molecular weight is 210 g/mol. The Morgan fingerprint density at radius 1 is 1.53 bits per heavy atom. The Bertz CT molecular complexity index is 352. The van der Waals surface area contributed by atoms with Gasteiger partial charge < -0.3 is 10.5 Å². The van der Waals surface area contributed by atoms with Crippen molar-refractivity contribution in [1.82, 2.24) is 0 Å². The summed E-state index contributed by atoms with van der Waals surface area (Å²) in [4.78, 5) is 0. The third kappa shape index (κ3) is 3.97. The van der Waals surface area contributed by atoms with E-state index in [1.54, 1.807) is 19.1 Å². The predicted molar refractivity (Wildman–Crippen MR) is 57.8 cm³/mol. The van der Waals surface area contributed by atoms with Gasteiger partial charge in [0.2, 0.25) is 0 Å². The average Bonchev–Trinajstić information content (AvgIpc) is 2.18. The van der Waals surface area contributed by atoms with Crippen LogP contribution in [0.5, 0.6) is 5.75 Å². The van der Waals surface area contributed by atoms with Gasteiger partial charge >= 0.3 is 0 Å². The van der Waals surface area contributed by atoms with E-state index in [1.807, 2.05) is 0 Å². The van der Waals surface area contributed by atoms with Crippen molar-refractivity contribution < 1.29 is 9.13 Å². The highest BCUT2D eigenvalue weighted by Gasteiger charge is 1.99. The fourth-order valence-electron chi connectivity index (χ4n) is 1.16. The molecule has 1 aromatic rings. The quantitative estimate of drug-likeness (QED) is 0.445. The van der Waals surface area contributed by atoms with Crippen LogP contribution in [-0.2, 0) is 0 Å². The first-order valence-electron chi connectivity index (χ1n) is 4.81. The molecule has 3 nitrogen and oxygen atoms in total. The maximum absolute atomic E-state index is 12.9. The maximum atomic E-state index is 12.9. The Morgan fingerprint density at radius 3 is 2.87 bits per heavy atom. The third-order valence-electron chi connectivity index (χ3n) is 1.99. The molecule has 0 aliphatic heterocycles. The van der Waals surface area contributed by atoms with Crippen molar-refractivity contribution >= 4 is 5.84 Å². The van der Waals surface area contributed by atoms with Gasteiger partial charge in [-0.1, -0.05) is 0 Å². The zero-order valence-electron chi connectivity index (χ0n) is 8.72. The van der Waals surface area contributed by atoms with Crippen LogP contribution in [-0.4, -0.2) is 12.4 Å². The molecular formula is C11H15FN2O. The number of aryl methyl sites for hydroxylation is 1. The lowest BCUT2D eigenvalue weighted by molar-refractivity contribution is 0.312. The van der Waals surface area contributed by atoms with Crippen LogP contribution in [0.3, 0.4) is 0 Å². The van der Waals surface area contributed by atoms with Gasteiger partial charge in [0.15, 0.2) is 0 Å². The lowest BCUT2D eigenvalue weighted by Gasteiger charge is -2.06. The lowest BCUT2D eigenvalue weighted by atomic mass is 10.2. The van der Waals surface area contributed by atoms with Gasteiger partial charge in [-0.25, -0.2) is 4.39 Å². The maximum Gasteiger partial charge on any atom is 0.126 e. The van der Waals surface area contributed by atoms with Crippen LogP contribution in [0.1, 0.15) is 18.4 Å². The van der Waals surface area contributed by atoms with Crippen molar-refractivity contribution in [3.8, 4) is 5.75 Å². The largest absolute Gasteiger partial charge is 0.494 e. The summed E-state index contributed by atoms with van der Waals surface area (Å²) in [6.07, 6.45) is 1.23. The van der Waals surface area contributed by atoms with E-state index in [0.29, 0.717) is 30.8 Å². The van der Waals surface area contributed by atoms with Crippen molar-refractivity contribution in [1.29, 1.82) is 5.41 Å². The van der Waals surface area contributed by atoms with Crippen molar-refractivity contribution in [2.24, 2.45) is 5.73 Å². The van der Waals surface area contributed by atoms with Crippen LogP contribution >= 0.6 is 0 Å². The zero-order chi connectivity index (χ0) is 11.3. The molecule has 1 aromatic carbocycles. The molecule has 4 heteroatoms. The van der Waals surface area contributed by atoms with Gasteiger partial charge in [0.05, 0.1) is 12.4 Å². The molecule has 0 unspecified atom stereocenters. The predicted octanol–water partition coefficient (Wildman–Crippen LogP) is 2.23. The highest BCUT2D eigenvalue weighted by Crippen LogP contribution is 2.16. The van der Waals surface area contributed by atoms with E-state index in [-0.39, 0.29) is 11.7 Å². The van der Waals surface area contributed by atoms with Crippen molar-refractivity contribution in [3.05, 3.63) is 29.6 Å². The van der Waals surface area contributed by atoms with Crippen molar-refractivity contribution in [2.75, 3.05) is 6.61 Å². The molecule has 0 aromatic heterocycles. The molecule has 0 saturated heterocycles. The normalized spacial score (nSPS) is 10.0. The lowest BCUT2D eigenvalue weighted by Crippen LogP contribution is -2.11. The molecule has 0 aliphatic carbocycles. The number of rotatable bonds is 5. The number of hydrogen-bond acceptors (Lipinski definition) is 2. The molecule has 0 amide bonds. The van der Waals surface area contributed by atoms with E-state index >= 15 is 0 Å². The molecule has 0 heterocycles. The first-order valence-corrected chi connectivity index (χ1v) is 4.81. The third-order valence-corrected chi connectivity index (χ3v) is 1.99. The summed E-state index contributed by atoms with van der Waals surface area (Å²) in [7, 11) is 0. The molecule has 0 radical (unpaired) electrons. The summed E-state index contributed by atoms with van der Waals surface area (Å²) >= 11 is 0. The van der Waals surface area contributed by atoms with Gasteiger partial charge in [0.1, 0.15) is 11.6 Å². The molecule has 15 heavy (non-hydrogen) atoms. The highest BCUT2D eigenvalue weighted by molar-refractivity contribution is 5.76. The topological polar surface area (TPSA) is 59.1 Å². The molecule has 0 saturated carbocycles. The Kier molecular flexibility index (Phi) is 4.09. The molecule has 0 fully saturated rings. The molecular weight excluding hydrogens is 195 g/mol. The fourth-order valence-corrected chi connectivity index (χ4v) is 1.16. The minimum atomic E-state index is -0.230. The van der Waals surface area contributed by atoms with E-state index in [2.05, 4.69) is 0 Å². The van der Waals surface area contributed by atoms with E-state index in [9.17, 15) is 4.39 Å². The molecule has 0 spiro atoms. The smallest absolute Gasteiger partial charge is 0.126 e. The fraction of sp³-hybridized carbons (Fsp3) is 0.364. The second-order valence-corrected chi connectivity index (χ2v) is 3.39. The van der Waals surface area contributed by atoms with Gasteiger partial charge in [-0.05, 0) is 37.1 Å². The van der Waals surface area contributed by atoms with Gasteiger partial charge in [-0.2, -0.15) is 0 Å².